The molecule has 0 bridgehead atoms. The number of hydrogen-bond acceptors (Lipinski definition) is 7. The first-order chi connectivity index (χ1) is 12.0. The highest BCUT2D eigenvalue weighted by Crippen LogP contribution is 2.32. The van der Waals surface area contributed by atoms with Crippen molar-refractivity contribution in [3.63, 3.8) is 0 Å². The van der Waals surface area contributed by atoms with Gasteiger partial charge in [-0.25, -0.2) is 9.97 Å². The Kier molecular flexibility index (Phi) is 4.89. The molecular formula is C17H18N4O3S. The Balaban J connectivity index is 1.85. The minimum Gasteiger partial charge on any atom is -0.493 e. The molecule has 0 radical (unpaired) electrons. The van der Waals surface area contributed by atoms with Crippen LogP contribution in [0.4, 0.5) is 0 Å². The van der Waals surface area contributed by atoms with Gasteiger partial charge in [0, 0.05) is 12.6 Å². The van der Waals surface area contributed by atoms with E-state index in [0.29, 0.717) is 17.1 Å². The van der Waals surface area contributed by atoms with Gasteiger partial charge < -0.3 is 9.47 Å². The number of nitrogens with zero attached hydrogens (tertiary/aromatic N) is 4. The van der Waals surface area contributed by atoms with E-state index in [1.807, 2.05) is 14.0 Å². The zero-order chi connectivity index (χ0) is 18.0. The Morgan fingerprint density at radius 1 is 1.20 bits per heavy atom. The summed E-state index contributed by atoms with van der Waals surface area (Å²) in [5.74, 6) is 1.11. The van der Waals surface area contributed by atoms with Crippen LogP contribution in [0.1, 0.15) is 17.3 Å². The van der Waals surface area contributed by atoms with Crippen molar-refractivity contribution in [2.45, 2.75) is 17.2 Å². The number of methoxy groups -OCH3 is 2. The summed E-state index contributed by atoms with van der Waals surface area (Å²) < 4.78 is 12.2. The largest absolute Gasteiger partial charge is 0.493 e. The minimum absolute atomic E-state index is 0.0124. The average molecular weight is 358 g/mol. The number of carbonyl (C=O) groups excluding carboxylic acids is 1. The smallest absolute Gasteiger partial charge is 0.176 e. The fourth-order valence-corrected chi connectivity index (χ4v) is 3.44. The quantitative estimate of drug-likeness (QED) is 0.381. The van der Waals surface area contributed by atoms with Gasteiger partial charge in [0.05, 0.1) is 31.1 Å². The van der Waals surface area contributed by atoms with Crippen LogP contribution in [0.2, 0.25) is 0 Å². The number of Topliss-reactive ketones (excluding diaryl/α,β-unsaturated/α-hetero) is 1. The lowest BCUT2D eigenvalue weighted by atomic mass is 10.1. The number of thioether (sulfide) groups is 1. The predicted octanol–water partition coefficient (Wildman–Crippen LogP) is 2.74. The number of rotatable bonds is 6. The van der Waals surface area contributed by atoms with Crippen molar-refractivity contribution in [1.82, 2.24) is 19.7 Å². The fourth-order valence-electron chi connectivity index (χ4n) is 2.48. The van der Waals surface area contributed by atoms with Crippen LogP contribution >= 0.6 is 11.8 Å². The van der Waals surface area contributed by atoms with Crippen LogP contribution in [-0.4, -0.2) is 45.0 Å². The third-order valence-electron chi connectivity index (χ3n) is 3.82. The summed E-state index contributed by atoms with van der Waals surface area (Å²) in [4.78, 5) is 21.3. The molecule has 25 heavy (non-hydrogen) atoms. The molecule has 0 unspecified atom stereocenters. The molecule has 0 aliphatic heterocycles. The number of ketones is 1. The van der Waals surface area contributed by atoms with E-state index < -0.39 is 0 Å². The van der Waals surface area contributed by atoms with Crippen molar-refractivity contribution in [2.75, 3.05) is 14.2 Å². The normalized spacial score (nSPS) is 12.2. The molecule has 2 heterocycles. The maximum atomic E-state index is 12.8. The molecular weight excluding hydrogens is 340 g/mol. The third-order valence-corrected chi connectivity index (χ3v) is 4.93. The second kappa shape index (κ2) is 7.10. The second-order valence-corrected chi connectivity index (χ2v) is 6.71. The molecule has 8 heteroatoms. The number of aromatic nitrogens is 4. The molecule has 0 spiro atoms. The summed E-state index contributed by atoms with van der Waals surface area (Å²) in [5.41, 5.74) is 1.30. The number of carbonyl (C=O) groups is 1. The molecule has 0 N–H and O–H groups in total. The summed E-state index contributed by atoms with van der Waals surface area (Å²) in [7, 11) is 4.93. The van der Waals surface area contributed by atoms with Crippen LogP contribution in [0.15, 0.2) is 35.7 Å². The highest BCUT2D eigenvalue weighted by Gasteiger charge is 2.20. The van der Waals surface area contributed by atoms with Crippen LogP contribution < -0.4 is 9.47 Å². The van der Waals surface area contributed by atoms with Crippen molar-refractivity contribution in [2.24, 2.45) is 7.05 Å². The lowest BCUT2D eigenvalue weighted by Gasteiger charge is -2.12. The van der Waals surface area contributed by atoms with Crippen LogP contribution in [0.25, 0.3) is 11.0 Å². The summed E-state index contributed by atoms with van der Waals surface area (Å²) in [6.07, 6.45) is 3.20. The van der Waals surface area contributed by atoms with E-state index >= 15 is 0 Å². The molecule has 0 fully saturated rings. The number of ether oxygens (including phenoxy) is 2. The highest BCUT2D eigenvalue weighted by atomic mass is 32.2. The van der Waals surface area contributed by atoms with E-state index in [1.54, 1.807) is 43.3 Å². The Bertz CT molecular complexity index is 925. The van der Waals surface area contributed by atoms with Crippen molar-refractivity contribution >= 4 is 28.6 Å². The summed E-state index contributed by atoms with van der Waals surface area (Å²) in [5, 5.41) is 5.44. The van der Waals surface area contributed by atoms with Gasteiger partial charge in [0.2, 0.25) is 0 Å². The maximum absolute atomic E-state index is 12.8. The number of benzene rings is 1. The molecule has 0 amide bonds. The van der Waals surface area contributed by atoms with Crippen molar-refractivity contribution in [3.05, 3.63) is 36.3 Å². The molecule has 3 aromatic rings. The van der Waals surface area contributed by atoms with E-state index in [9.17, 15) is 4.79 Å². The van der Waals surface area contributed by atoms with E-state index in [4.69, 9.17) is 9.47 Å². The van der Waals surface area contributed by atoms with Gasteiger partial charge in [-0.05, 0) is 25.1 Å². The lowest BCUT2D eigenvalue weighted by molar-refractivity contribution is 0.0993. The SMILES string of the molecule is COc1ccc(C(=O)[C@@H](C)Sc2ncnc3c2cnn3C)cc1OC. The van der Waals surface area contributed by atoms with E-state index in [1.165, 1.54) is 18.1 Å². The van der Waals surface area contributed by atoms with Gasteiger partial charge >= 0.3 is 0 Å². The Hall–Kier alpha value is -2.61. The van der Waals surface area contributed by atoms with Crippen LogP contribution in [0.3, 0.4) is 0 Å². The summed E-state index contributed by atoms with van der Waals surface area (Å²) >= 11 is 1.39. The lowest BCUT2D eigenvalue weighted by Crippen LogP contribution is -2.14. The Morgan fingerprint density at radius 3 is 2.68 bits per heavy atom. The van der Waals surface area contributed by atoms with Crippen molar-refractivity contribution < 1.29 is 14.3 Å². The fraction of sp³-hybridized carbons (Fsp3) is 0.294. The van der Waals surface area contributed by atoms with Gasteiger partial charge in [-0.1, -0.05) is 11.8 Å². The molecule has 1 aromatic carbocycles. The maximum Gasteiger partial charge on any atom is 0.176 e. The molecule has 7 nitrogen and oxygen atoms in total. The number of aryl methyl sites for hydroxylation is 1. The van der Waals surface area contributed by atoms with E-state index in [2.05, 4.69) is 15.1 Å². The Labute approximate surface area is 149 Å². The number of fused-ring (bicyclic) bond motifs is 1. The zero-order valence-electron chi connectivity index (χ0n) is 14.4. The van der Waals surface area contributed by atoms with Gasteiger partial charge in [-0.2, -0.15) is 5.10 Å². The van der Waals surface area contributed by atoms with Crippen molar-refractivity contribution in [1.29, 1.82) is 0 Å². The molecule has 0 saturated heterocycles. The zero-order valence-corrected chi connectivity index (χ0v) is 15.2. The first kappa shape index (κ1) is 17.2. The van der Waals surface area contributed by atoms with Gasteiger partial charge in [0.1, 0.15) is 11.4 Å². The van der Waals surface area contributed by atoms with Crippen LogP contribution in [0, 0.1) is 0 Å². The minimum atomic E-state index is -0.323. The standard InChI is InChI=1S/C17H18N4O3S/c1-10(15(22)11-5-6-13(23-3)14(7-11)24-4)25-17-12-8-20-21(2)16(12)18-9-19-17/h5-10H,1-4H3/t10-/m1/s1. The summed E-state index contributed by atoms with van der Waals surface area (Å²) in [6.45, 7) is 1.86. The van der Waals surface area contributed by atoms with E-state index in [-0.39, 0.29) is 11.0 Å². The Morgan fingerprint density at radius 2 is 1.96 bits per heavy atom. The van der Waals surface area contributed by atoms with Gasteiger partial charge in [0.25, 0.3) is 0 Å². The van der Waals surface area contributed by atoms with Gasteiger partial charge in [-0.3, -0.25) is 9.48 Å². The predicted molar refractivity (Wildman–Crippen MR) is 95.5 cm³/mol. The molecule has 2 aromatic heterocycles. The van der Waals surface area contributed by atoms with Gasteiger partial charge in [0.15, 0.2) is 22.9 Å². The van der Waals surface area contributed by atoms with Crippen LogP contribution in [-0.2, 0) is 7.05 Å². The topological polar surface area (TPSA) is 79.1 Å². The van der Waals surface area contributed by atoms with Crippen LogP contribution in [0.5, 0.6) is 11.5 Å². The number of hydrogen-bond donors (Lipinski definition) is 0. The van der Waals surface area contributed by atoms with Crippen molar-refractivity contribution in [3.8, 4) is 11.5 Å². The summed E-state index contributed by atoms with van der Waals surface area (Å²) in [6, 6.07) is 5.16. The molecule has 3 rings (SSSR count). The molecule has 0 aliphatic rings. The first-order valence-corrected chi connectivity index (χ1v) is 8.48. The van der Waals surface area contributed by atoms with E-state index in [0.717, 1.165) is 16.1 Å². The van der Waals surface area contributed by atoms with Gasteiger partial charge in [-0.15, -0.1) is 0 Å². The molecule has 1 atom stereocenters. The second-order valence-electron chi connectivity index (χ2n) is 5.38. The highest BCUT2D eigenvalue weighted by molar-refractivity contribution is 8.00. The molecule has 0 aliphatic carbocycles. The third kappa shape index (κ3) is 3.30. The first-order valence-electron chi connectivity index (χ1n) is 7.60. The molecule has 0 saturated carbocycles. The molecule has 130 valence electrons. The average Bonchev–Trinajstić information content (AvgIpc) is 3.02. The monoisotopic (exact) mass is 358 g/mol.